The van der Waals surface area contributed by atoms with Crippen molar-refractivity contribution in [3.63, 3.8) is 0 Å². The maximum atomic E-state index is 12.9. The smallest absolute Gasteiger partial charge is 0.434 e. The van der Waals surface area contributed by atoms with Gasteiger partial charge in [0.05, 0.1) is 12.7 Å². The van der Waals surface area contributed by atoms with Crippen LogP contribution in [-0.2, 0) is 10.9 Å². The third-order valence-electron chi connectivity index (χ3n) is 3.53. The number of halogens is 3. The standard InChI is InChI=1S/C15H13F3N2O2/c1-22-14(21)10-4-2-9(3-5-10)13-19-12(15(16,17)18)8-20(13)11-6-7-11/h2-5,8,11H,6-7H2,1H3. The minimum Gasteiger partial charge on any atom is -0.465 e. The third kappa shape index (κ3) is 2.70. The van der Waals surface area contributed by atoms with Gasteiger partial charge in [-0.1, -0.05) is 12.1 Å². The van der Waals surface area contributed by atoms with E-state index in [2.05, 4.69) is 9.72 Å². The number of alkyl halides is 3. The predicted molar refractivity (Wildman–Crippen MR) is 72.3 cm³/mol. The molecule has 0 bridgehead atoms. The Hall–Kier alpha value is -2.31. The van der Waals surface area contributed by atoms with E-state index in [-0.39, 0.29) is 11.9 Å². The molecule has 1 aromatic heterocycles. The second kappa shape index (κ2) is 5.15. The minimum absolute atomic E-state index is 0.0684. The Kier molecular flexibility index (Phi) is 3.42. The Labute approximate surface area is 124 Å². The van der Waals surface area contributed by atoms with E-state index in [0.29, 0.717) is 11.1 Å². The van der Waals surface area contributed by atoms with E-state index < -0.39 is 17.8 Å². The fourth-order valence-electron chi connectivity index (χ4n) is 2.25. The summed E-state index contributed by atoms with van der Waals surface area (Å²) in [5, 5.41) is 0. The summed E-state index contributed by atoms with van der Waals surface area (Å²) >= 11 is 0. The summed E-state index contributed by atoms with van der Waals surface area (Å²) < 4.78 is 44.7. The van der Waals surface area contributed by atoms with Crippen LogP contribution in [0.15, 0.2) is 30.5 Å². The number of benzene rings is 1. The molecule has 1 heterocycles. The number of imidazole rings is 1. The van der Waals surface area contributed by atoms with Crippen LogP contribution in [0, 0.1) is 0 Å². The van der Waals surface area contributed by atoms with Gasteiger partial charge in [-0.25, -0.2) is 9.78 Å². The zero-order chi connectivity index (χ0) is 15.9. The Balaban J connectivity index is 2.00. The van der Waals surface area contributed by atoms with E-state index in [4.69, 9.17) is 0 Å². The number of carbonyl (C=O) groups is 1. The first kappa shape index (κ1) is 14.6. The summed E-state index contributed by atoms with van der Waals surface area (Å²) in [6, 6.07) is 6.25. The number of rotatable bonds is 3. The van der Waals surface area contributed by atoms with Gasteiger partial charge >= 0.3 is 12.1 Å². The molecule has 0 radical (unpaired) electrons. The molecule has 1 aliphatic rings. The first-order valence-corrected chi connectivity index (χ1v) is 6.75. The number of methoxy groups -OCH3 is 1. The second-order valence-corrected chi connectivity index (χ2v) is 5.15. The van der Waals surface area contributed by atoms with Gasteiger partial charge in [0.1, 0.15) is 5.82 Å². The largest absolute Gasteiger partial charge is 0.465 e. The van der Waals surface area contributed by atoms with Crippen LogP contribution in [-0.4, -0.2) is 22.6 Å². The fraction of sp³-hybridized carbons (Fsp3) is 0.333. The third-order valence-corrected chi connectivity index (χ3v) is 3.53. The number of hydrogen-bond acceptors (Lipinski definition) is 3. The van der Waals surface area contributed by atoms with Crippen molar-refractivity contribution in [2.45, 2.75) is 25.1 Å². The quantitative estimate of drug-likeness (QED) is 0.812. The van der Waals surface area contributed by atoms with E-state index in [9.17, 15) is 18.0 Å². The average molecular weight is 310 g/mol. The maximum Gasteiger partial charge on any atom is 0.434 e. The molecule has 1 saturated carbocycles. The highest BCUT2D eigenvalue weighted by atomic mass is 19.4. The number of esters is 1. The highest BCUT2D eigenvalue weighted by molar-refractivity contribution is 5.89. The number of carbonyl (C=O) groups excluding carboxylic acids is 1. The van der Waals surface area contributed by atoms with E-state index in [1.165, 1.54) is 19.2 Å². The Morgan fingerprint density at radius 3 is 2.41 bits per heavy atom. The molecule has 1 aliphatic carbocycles. The summed E-state index contributed by atoms with van der Waals surface area (Å²) in [5.74, 6) is -0.223. The first-order chi connectivity index (χ1) is 10.4. The van der Waals surface area contributed by atoms with Crippen LogP contribution in [0.25, 0.3) is 11.4 Å². The summed E-state index contributed by atoms with van der Waals surface area (Å²) in [7, 11) is 1.27. The number of nitrogens with zero attached hydrogens (tertiary/aromatic N) is 2. The van der Waals surface area contributed by atoms with Crippen molar-refractivity contribution in [2.24, 2.45) is 0 Å². The Morgan fingerprint density at radius 1 is 1.27 bits per heavy atom. The highest BCUT2D eigenvalue weighted by Crippen LogP contribution is 2.40. The topological polar surface area (TPSA) is 44.1 Å². The zero-order valence-corrected chi connectivity index (χ0v) is 11.7. The highest BCUT2D eigenvalue weighted by Gasteiger charge is 2.37. The van der Waals surface area contributed by atoms with Crippen molar-refractivity contribution in [3.8, 4) is 11.4 Å². The van der Waals surface area contributed by atoms with Gasteiger partial charge < -0.3 is 9.30 Å². The van der Waals surface area contributed by atoms with Gasteiger partial charge in [0.15, 0.2) is 5.69 Å². The number of ether oxygens (including phenoxy) is 1. The SMILES string of the molecule is COC(=O)c1ccc(-c2nc(C(F)(F)F)cn2C2CC2)cc1. The van der Waals surface area contributed by atoms with Crippen molar-refractivity contribution < 1.29 is 22.7 Å². The minimum atomic E-state index is -4.47. The van der Waals surface area contributed by atoms with Crippen LogP contribution in [0.5, 0.6) is 0 Å². The lowest BCUT2D eigenvalue weighted by atomic mass is 10.1. The zero-order valence-electron chi connectivity index (χ0n) is 11.7. The van der Waals surface area contributed by atoms with Crippen LogP contribution in [0.1, 0.15) is 34.9 Å². The predicted octanol–water partition coefficient (Wildman–Crippen LogP) is 3.69. The molecule has 2 aromatic rings. The molecule has 0 aliphatic heterocycles. The lowest BCUT2D eigenvalue weighted by Crippen LogP contribution is -2.05. The van der Waals surface area contributed by atoms with Crippen LogP contribution in [0.2, 0.25) is 0 Å². The van der Waals surface area contributed by atoms with Gasteiger partial charge in [-0.05, 0) is 25.0 Å². The lowest BCUT2D eigenvalue weighted by molar-refractivity contribution is -0.140. The van der Waals surface area contributed by atoms with Crippen molar-refractivity contribution in [3.05, 3.63) is 41.7 Å². The van der Waals surface area contributed by atoms with Gasteiger partial charge in [-0.2, -0.15) is 13.2 Å². The summed E-state index contributed by atoms with van der Waals surface area (Å²) in [6.45, 7) is 0. The molecule has 22 heavy (non-hydrogen) atoms. The van der Waals surface area contributed by atoms with Gasteiger partial charge in [0, 0.05) is 17.8 Å². The average Bonchev–Trinajstić information content (AvgIpc) is 3.23. The first-order valence-electron chi connectivity index (χ1n) is 6.75. The molecule has 1 aromatic carbocycles. The summed E-state index contributed by atoms with van der Waals surface area (Å²) in [6.07, 6.45) is -1.72. The maximum absolute atomic E-state index is 12.9. The van der Waals surface area contributed by atoms with Gasteiger partial charge in [-0.15, -0.1) is 0 Å². The molecule has 3 rings (SSSR count). The van der Waals surface area contributed by atoms with Gasteiger partial charge in [-0.3, -0.25) is 0 Å². The van der Waals surface area contributed by atoms with Gasteiger partial charge in [0.25, 0.3) is 0 Å². The second-order valence-electron chi connectivity index (χ2n) is 5.15. The van der Waals surface area contributed by atoms with E-state index in [0.717, 1.165) is 19.0 Å². The number of hydrogen-bond donors (Lipinski definition) is 0. The molecule has 0 atom stereocenters. The Bertz CT molecular complexity index is 701. The molecular weight excluding hydrogens is 297 g/mol. The molecule has 0 N–H and O–H groups in total. The van der Waals surface area contributed by atoms with Crippen molar-refractivity contribution in [1.82, 2.24) is 9.55 Å². The molecule has 4 nitrogen and oxygen atoms in total. The van der Waals surface area contributed by atoms with Crippen LogP contribution >= 0.6 is 0 Å². The van der Waals surface area contributed by atoms with Crippen LogP contribution in [0.4, 0.5) is 13.2 Å². The summed E-state index contributed by atoms with van der Waals surface area (Å²) in [5.41, 5.74) is -0.0201. The molecule has 0 amide bonds. The molecule has 116 valence electrons. The normalized spacial score (nSPS) is 14.9. The molecule has 7 heteroatoms. The monoisotopic (exact) mass is 310 g/mol. The molecule has 0 unspecified atom stereocenters. The van der Waals surface area contributed by atoms with E-state index in [1.54, 1.807) is 16.7 Å². The molecule has 1 fully saturated rings. The van der Waals surface area contributed by atoms with Crippen LogP contribution in [0.3, 0.4) is 0 Å². The Morgan fingerprint density at radius 2 is 1.91 bits per heavy atom. The van der Waals surface area contributed by atoms with Crippen molar-refractivity contribution in [2.75, 3.05) is 7.11 Å². The van der Waals surface area contributed by atoms with E-state index in [1.807, 2.05) is 0 Å². The molecule has 0 saturated heterocycles. The van der Waals surface area contributed by atoms with Crippen LogP contribution < -0.4 is 0 Å². The van der Waals surface area contributed by atoms with Crippen molar-refractivity contribution in [1.29, 1.82) is 0 Å². The lowest BCUT2D eigenvalue weighted by Gasteiger charge is -2.06. The summed E-state index contributed by atoms with van der Waals surface area (Å²) in [4.78, 5) is 15.1. The van der Waals surface area contributed by atoms with Crippen molar-refractivity contribution >= 4 is 5.97 Å². The molecular formula is C15H13F3N2O2. The van der Waals surface area contributed by atoms with Gasteiger partial charge in [0.2, 0.25) is 0 Å². The van der Waals surface area contributed by atoms with E-state index >= 15 is 0 Å². The fourth-order valence-corrected chi connectivity index (χ4v) is 2.25. The molecule has 0 spiro atoms. The number of aromatic nitrogens is 2.